The minimum Gasteiger partial charge on any atom is -0.381 e. The number of aromatic nitrogens is 3. The van der Waals surface area contributed by atoms with Crippen LogP contribution in [0.5, 0.6) is 0 Å². The molecule has 0 radical (unpaired) electrons. The number of carbonyl (C=O) groups is 1. The fourth-order valence-corrected chi connectivity index (χ4v) is 6.05. The summed E-state index contributed by atoms with van der Waals surface area (Å²) >= 11 is 0. The fourth-order valence-electron chi connectivity index (χ4n) is 6.05. The second kappa shape index (κ2) is 9.84. The van der Waals surface area contributed by atoms with Gasteiger partial charge in [-0.25, -0.2) is 9.97 Å². The maximum Gasteiger partial charge on any atom is 0.389 e. The molecule has 0 atom stereocenters. The Morgan fingerprint density at radius 3 is 2.41 bits per heavy atom. The number of aromatic amines is 1. The average molecular weight is 479 g/mol. The Morgan fingerprint density at radius 1 is 1.03 bits per heavy atom. The molecular formula is C25H33F3N4O2. The van der Waals surface area contributed by atoms with Crippen molar-refractivity contribution in [2.45, 2.75) is 75.8 Å². The molecule has 2 saturated heterocycles. The van der Waals surface area contributed by atoms with Crippen LogP contribution < -0.4 is 0 Å². The number of H-pyrrole nitrogens is 1. The molecule has 0 bridgehead atoms. The number of amides is 1. The van der Waals surface area contributed by atoms with Crippen molar-refractivity contribution in [1.82, 2.24) is 19.9 Å². The number of nitrogens with zero attached hydrogens (tertiary/aromatic N) is 3. The molecule has 5 rings (SSSR count). The van der Waals surface area contributed by atoms with E-state index in [1.54, 1.807) is 0 Å². The molecule has 3 fully saturated rings. The van der Waals surface area contributed by atoms with Gasteiger partial charge in [0.25, 0.3) is 0 Å². The minimum absolute atomic E-state index is 0.123. The standard InChI is InChI=1S/C25H33F3N4O2/c26-25(27,28)15-16-1-3-19(4-2-16)24(33)32-11-6-17(7-12-32)20-5-10-29-23-21(20)30-22(31-23)18-8-13-34-14-9-18/h5,10,16-19H,1-4,6-9,11-15H2,(H,29,30,31)/t16-,19-. The molecule has 4 heterocycles. The highest BCUT2D eigenvalue weighted by Gasteiger charge is 2.37. The Labute approximate surface area is 197 Å². The van der Waals surface area contributed by atoms with Gasteiger partial charge in [-0.1, -0.05) is 0 Å². The van der Waals surface area contributed by atoms with Crippen molar-refractivity contribution in [1.29, 1.82) is 0 Å². The van der Waals surface area contributed by atoms with Crippen molar-refractivity contribution < 1.29 is 22.7 Å². The number of imidazole rings is 1. The molecule has 9 heteroatoms. The molecule has 1 saturated carbocycles. The highest BCUT2D eigenvalue weighted by atomic mass is 19.4. The summed E-state index contributed by atoms with van der Waals surface area (Å²) < 4.78 is 43.5. The summed E-state index contributed by atoms with van der Waals surface area (Å²) in [5.74, 6) is 1.37. The van der Waals surface area contributed by atoms with Crippen molar-refractivity contribution in [3.8, 4) is 0 Å². The molecule has 2 aromatic heterocycles. The molecule has 6 nitrogen and oxygen atoms in total. The van der Waals surface area contributed by atoms with E-state index in [1.807, 2.05) is 11.1 Å². The van der Waals surface area contributed by atoms with E-state index in [2.05, 4.69) is 16.0 Å². The van der Waals surface area contributed by atoms with Gasteiger partial charge in [0.05, 0.1) is 0 Å². The van der Waals surface area contributed by atoms with E-state index in [0.29, 0.717) is 50.6 Å². The number of hydrogen-bond acceptors (Lipinski definition) is 4. The number of piperidine rings is 1. The lowest BCUT2D eigenvalue weighted by atomic mass is 9.79. The van der Waals surface area contributed by atoms with Crippen LogP contribution in [0.3, 0.4) is 0 Å². The minimum atomic E-state index is -4.11. The maximum atomic E-state index is 13.0. The molecule has 1 N–H and O–H groups in total. The zero-order valence-electron chi connectivity index (χ0n) is 19.4. The van der Waals surface area contributed by atoms with Crippen LogP contribution in [0.1, 0.15) is 81.0 Å². The third-order valence-electron chi connectivity index (χ3n) is 8.00. The van der Waals surface area contributed by atoms with Gasteiger partial charge in [0.1, 0.15) is 11.3 Å². The largest absolute Gasteiger partial charge is 0.389 e. The number of alkyl halides is 3. The normalized spacial score (nSPS) is 25.7. The van der Waals surface area contributed by atoms with Gasteiger partial charge in [0, 0.05) is 50.8 Å². The van der Waals surface area contributed by atoms with Gasteiger partial charge in [0.15, 0.2) is 5.65 Å². The van der Waals surface area contributed by atoms with Gasteiger partial charge in [-0.3, -0.25) is 4.79 Å². The first-order valence-electron chi connectivity index (χ1n) is 12.6. The lowest BCUT2D eigenvalue weighted by molar-refractivity contribution is -0.149. The second-order valence-corrected chi connectivity index (χ2v) is 10.2. The maximum absolute atomic E-state index is 13.0. The van der Waals surface area contributed by atoms with E-state index >= 15 is 0 Å². The van der Waals surface area contributed by atoms with Crippen LogP contribution >= 0.6 is 0 Å². The van der Waals surface area contributed by atoms with Crippen LogP contribution in [0.2, 0.25) is 0 Å². The van der Waals surface area contributed by atoms with Crippen molar-refractivity contribution in [3.05, 3.63) is 23.7 Å². The van der Waals surface area contributed by atoms with Gasteiger partial charge in [-0.15, -0.1) is 0 Å². The molecule has 1 amide bonds. The number of halogens is 3. The van der Waals surface area contributed by atoms with Crippen molar-refractivity contribution in [3.63, 3.8) is 0 Å². The van der Waals surface area contributed by atoms with Crippen LogP contribution in [0.15, 0.2) is 12.3 Å². The summed E-state index contributed by atoms with van der Waals surface area (Å²) in [6.07, 6.45) is 2.82. The number of hydrogen-bond donors (Lipinski definition) is 1. The summed E-state index contributed by atoms with van der Waals surface area (Å²) in [7, 11) is 0. The van der Waals surface area contributed by atoms with Crippen LogP contribution in [-0.4, -0.2) is 58.2 Å². The molecule has 1 aliphatic carbocycles. The van der Waals surface area contributed by atoms with E-state index in [0.717, 1.165) is 55.9 Å². The second-order valence-electron chi connectivity index (χ2n) is 10.2. The van der Waals surface area contributed by atoms with Crippen LogP contribution in [0.4, 0.5) is 13.2 Å². The SMILES string of the molecule is O=C([C@H]1CC[C@H](CC(F)(F)F)CC1)N1CCC(c2ccnc3[nH]c(C4CCOCC4)nc23)CC1. The molecule has 0 spiro atoms. The van der Waals surface area contributed by atoms with Gasteiger partial charge in [-0.2, -0.15) is 13.2 Å². The number of nitrogens with one attached hydrogen (secondary N) is 1. The van der Waals surface area contributed by atoms with E-state index in [9.17, 15) is 18.0 Å². The lowest BCUT2D eigenvalue weighted by Gasteiger charge is -2.36. The molecule has 186 valence electrons. The predicted octanol–water partition coefficient (Wildman–Crippen LogP) is 5.32. The summed E-state index contributed by atoms with van der Waals surface area (Å²) in [5, 5.41) is 0. The Bertz CT molecular complexity index is 986. The Morgan fingerprint density at radius 2 is 1.74 bits per heavy atom. The fraction of sp³-hybridized carbons (Fsp3) is 0.720. The van der Waals surface area contributed by atoms with E-state index in [1.165, 1.54) is 5.56 Å². The predicted molar refractivity (Wildman–Crippen MR) is 121 cm³/mol. The highest BCUT2D eigenvalue weighted by Crippen LogP contribution is 2.38. The third kappa shape index (κ3) is 5.24. The number of rotatable bonds is 4. The van der Waals surface area contributed by atoms with Crippen LogP contribution in [-0.2, 0) is 9.53 Å². The summed E-state index contributed by atoms with van der Waals surface area (Å²) in [4.78, 5) is 27.8. The van der Waals surface area contributed by atoms with Gasteiger partial charge >= 0.3 is 6.18 Å². The Hall–Kier alpha value is -2.16. The summed E-state index contributed by atoms with van der Waals surface area (Å²) in [6, 6.07) is 2.06. The number of pyridine rings is 1. The first-order chi connectivity index (χ1) is 16.4. The third-order valence-corrected chi connectivity index (χ3v) is 8.00. The summed E-state index contributed by atoms with van der Waals surface area (Å²) in [6.45, 7) is 2.90. The smallest absolute Gasteiger partial charge is 0.381 e. The first-order valence-corrected chi connectivity index (χ1v) is 12.6. The zero-order chi connectivity index (χ0) is 23.7. The number of carbonyl (C=O) groups excluding carboxylic acids is 1. The molecule has 34 heavy (non-hydrogen) atoms. The zero-order valence-corrected chi connectivity index (χ0v) is 19.4. The van der Waals surface area contributed by atoms with E-state index in [-0.39, 0.29) is 17.7 Å². The molecular weight excluding hydrogens is 445 g/mol. The van der Waals surface area contributed by atoms with Crippen LogP contribution in [0, 0.1) is 11.8 Å². The lowest BCUT2D eigenvalue weighted by Crippen LogP contribution is -2.42. The van der Waals surface area contributed by atoms with Crippen molar-refractivity contribution in [2.24, 2.45) is 11.8 Å². The summed E-state index contributed by atoms with van der Waals surface area (Å²) in [5.41, 5.74) is 2.96. The first kappa shape index (κ1) is 23.6. The monoisotopic (exact) mass is 478 g/mol. The van der Waals surface area contributed by atoms with E-state index < -0.39 is 12.6 Å². The van der Waals surface area contributed by atoms with E-state index in [4.69, 9.17) is 9.72 Å². The van der Waals surface area contributed by atoms with Crippen molar-refractivity contribution in [2.75, 3.05) is 26.3 Å². The molecule has 3 aliphatic rings. The average Bonchev–Trinajstić information content (AvgIpc) is 3.28. The Kier molecular flexibility index (Phi) is 6.82. The topological polar surface area (TPSA) is 71.1 Å². The number of ether oxygens (including phenoxy) is 1. The number of fused-ring (bicyclic) bond motifs is 1. The van der Waals surface area contributed by atoms with Gasteiger partial charge < -0.3 is 14.6 Å². The van der Waals surface area contributed by atoms with Crippen molar-refractivity contribution >= 4 is 17.1 Å². The molecule has 0 unspecified atom stereocenters. The highest BCUT2D eigenvalue weighted by molar-refractivity contribution is 5.79. The molecule has 2 aromatic rings. The van der Waals surface area contributed by atoms with Gasteiger partial charge in [0.2, 0.25) is 5.91 Å². The number of likely N-dealkylation sites (tertiary alicyclic amines) is 1. The molecule has 2 aliphatic heterocycles. The van der Waals surface area contributed by atoms with Gasteiger partial charge in [-0.05, 0) is 74.8 Å². The quantitative estimate of drug-likeness (QED) is 0.646. The molecule has 0 aromatic carbocycles. The Balaban J connectivity index is 1.18. The van der Waals surface area contributed by atoms with Crippen LogP contribution in [0.25, 0.3) is 11.2 Å².